The van der Waals surface area contributed by atoms with E-state index in [4.69, 9.17) is 32.2 Å². The number of rotatable bonds is 9. The fraction of sp³-hybridized carbons (Fsp3) is 0.308. The normalized spacial score (nSPS) is 14.6. The summed E-state index contributed by atoms with van der Waals surface area (Å²) in [4.78, 5) is 26.9. The summed E-state index contributed by atoms with van der Waals surface area (Å²) in [6.45, 7) is 6.57. The summed E-state index contributed by atoms with van der Waals surface area (Å²) < 4.78 is 16.7. The van der Waals surface area contributed by atoms with Crippen LogP contribution in [0.25, 0.3) is 6.08 Å². The van der Waals surface area contributed by atoms with Crippen LogP contribution in [0.4, 0.5) is 4.79 Å². The van der Waals surface area contributed by atoms with Crippen LogP contribution in [0.1, 0.15) is 36.5 Å². The second kappa shape index (κ2) is 11.4. The maximum Gasteiger partial charge on any atom is 0.293 e. The van der Waals surface area contributed by atoms with Gasteiger partial charge in [0.15, 0.2) is 11.5 Å². The number of carbonyl (C=O) groups is 2. The second-order valence-corrected chi connectivity index (χ2v) is 9.31. The highest BCUT2D eigenvalue weighted by Gasteiger charge is 2.35. The zero-order valence-electron chi connectivity index (χ0n) is 19.5. The van der Waals surface area contributed by atoms with Crippen LogP contribution < -0.4 is 14.2 Å². The predicted octanol–water partition coefficient (Wildman–Crippen LogP) is 5.91. The van der Waals surface area contributed by atoms with Crippen molar-refractivity contribution in [1.29, 1.82) is 0 Å². The summed E-state index contributed by atoms with van der Waals surface area (Å²) in [5.74, 6) is 3.75. The van der Waals surface area contributed by atoms with E-state index in [0.717, 1.165) is 28.6 Å². The van der Waals surface area contributed by atoms with E-state index in [9.17, 15) is 9.59 Å². The van der Waals surface area contributed by atoms with Crippen LogP contribution in [-0.2, 0) is 4.79 Å². The van der Waals surface area contributed by atoms with E-state index >= 15 is 0 Å². The van der Waals surface area contributed by atoms with Crippen molar-refractivity contribution in [3.05, 3.63) is 56.9 Å². The minimum Gasteiger partial charge on any atom is -0.493 e. The van der Waals surface area contributed by atoms with Crippen molar-refractivity contribution in [2.24, 2.45) is 0 Å². The number of imide groups is 1. The Labute approximate surface area is 209 Å². The van der Waals surface area contributed by atoms with Crippen molar-refractivity contribution >= 4 is 40.6 Å². The lowest BCUT2D eigenvalue weighted by molar-refractivity contribution is -0.123. The van der Waals surface area contributed by atoms with Crippen LogP contribution in [0, 0.1) is 19.3 Å². The number of methoxy groups -OCH3 is 1. The number of thioether (sulfide) groups is 1. The maximum absolute atomic E-state index is 12.9. The van der Waals surface area contributed by atoms with Gasteiger partial charge in [0.05, 0.1) is 23.6 Å². The summed E-state index contributed by atoms with van der Waals surface area (Å²) in [6, 6.07) is 9.34. The van der Waals surface area contributed by atoms with Gasteiger partial charge in [-0.25, -0.2) is 0 Å². The molecule has 0 spiro atoms. The Hall–Kier alpha value is -3.08. The van der Waals surface area contributed by atoms with Gasteiger partial charge in [0.1, 0.15) is 19.0 Å². The molecule has 1 aliphatic rings. The molecule has 0 saturated carbocycles. The minimum atomic E-state index is -0.380. The molecule has 0 aromatic heterocycles. The van der Waals surface area contributed by atoms with Gasteiger partial charge in [-0.05, 0) is 65.6 Å². The zero-order chi connectivity index (χ0) is 24.8. The number of terminal acetylenes is 1. The molecule has 2 amide bonds. The first kappa shape index (κ1) is 25.5. The molecular formula is C26H26ClNO5S. The van der Waals surface area contributed by atoms with Gasteiger partial charge in [0, 0.05) is 0 Å². The third-order valence-electron chi connectivity index (χ3n) is 5.09. The number of amides is 2. The minimum absolute atomic E-state index is 0.0393. The number of carbonyl (C=O) groups excluding carboxylic acids is 2. The monoisotopic (exact) mass is 499 g/mol. The smallest absolute Gasteiger partial charge is 0.293 e. The van der Waals surface area contributed by atoms with E-state index in [1.54, 1.807) is 18.2 Å². The number of benzene rings is 2. The Kier molecular flexibility index (Phi) is 8.54. The standard InChI is InChI=1S/C26H26ClNO5S/c1-6-10-33-24-20(27)13-18(14-22(24)31-5)15-23-25(29)28(26(30)34-23)9-11-32-21-12-17(4)7-8-19(21)16(2)3/h1,7-8,12-16H,9-11H2,2-5H3/b23-15-. The second-order valence-electron chi connectivity index (χ2n) is 7.90. The van der Waals surface area contributed by atoms with E-state index in [0.29, 0.717) is 27.9 Å². The van der Waals surface area contributed by atoms with Gasteiger partial charge >= 0.3 is 0 Å². The number of hydrogen-bond donors (Lipinski definition) is 0. The van der Waals surface area contributed by atoms with Crippen LogP contribution in [0.15, 0.2) is 35.2 Å². The molecule has 0 aliphatic carbocycles. The summed E-state index contributed by atoms with van der Waals surface area (Å²) >= 11 is 7.18. The molecule has 178 valence electrons. The molecule has 0 atom stereocenters. The molecule has 0 unspecified atom stereocenters. The maximum atomic E-state index is 12.9. The van der Waals surface area contributed by atoms with E-state index in [1.165, 1.54) is 12.0 Å². The van der Waals surface area contributed by atoms with Crippen molar-refractivity contribution in [3.8, 4) is 29.6 Å². The lowest BCUT2D eigenvalue weighted by Gasteiger charge is -2.17. The third-order valence-corrected chi connectivity index (χ3v) is 6.27. The first-order valence-electron chi connectivity index (χ1n) is 10.7. The molecule has 0 N–H and O–H groups in total. The molecule has 3 rings (SSSR count). The average Bonchev–Trinajstić information content (AvgIpc) is 3.05. The molecule has 2 aromatic carbocycles. The summed E-state index contributed by atoms with van der Waals surface area (Å²) in [5, 5.41) is -0.0622. The fourth-order valence-electron chi connectivity index (χ4n) is 3.41. The molecule has 0 bridgehead atoms. The van der Waals surface area contributed by atoms with E-state index < -0.39 is 0 Å². The van der Waals surface area contributed by atoms with Crippen LogP contribution in [0.5, 0.6) is 17.2 Å². The summed E-state index contributed by atoms with van der Waals surface area (Å²) in [6.07, 6.45) is 6.84. The van der Waals surface area contributed by atoms with Gasteiger partial charge in [-0.2, -0.15) is 0 Å². The van der Waals surface area contributed by atoms with Crippen LogP contribution in [-0.4, -0.2) is 42.9 Å². The molecule has 1 fully saturated rings. The number of halogens is 1. The van der Waals surface area contributed by atoms with E-state index in [2.05, 4.69) is 19.8 Å². The van der Waals surface area contributed by atoms with E-state index in [-0.39, 0.29) is 35.9 Å². The highest BCUT2D eigenvalue weighted by molar-refractivity contribution is 8.18. The molecule has 0 radical (unpaired) electrons. The third kappa shape index (κ3) is 5.88. The van der Waals surface area contributed by atoms with Crippen LogP contribution in [0.2, 0.25) is 5.02 Å². The van der Waals surface area contributed by atoms with Crippen molar-refractivity contribution < 1.29 is 23.8 Å². The number of nitrogens with zero attached hydrogens (tertiary/aromatic N) is 1. The highest BCUT2D eigenvalue weighted by atomic mass is 35.5. The molecule has 1 saturated heterocycles. The fourth-order valence-corrected chi connectivity index (χ4v) is 4.55. The average molecular weight is 500 g/mol. The number of hydrogen-bond acceptors (Lipinski definition) is 6. The van der Waals surface area contributed by atoms with Crippen molar-refractivity contribution in [1.82, 2.24) is 4.90 Å². The lowest BCUT2D eigenvalue weighted by atomic mass is 10.0. The quantitative estimate of drug-likeness (QED) is 0.316. The molecule has 2 aromatic rings. The van der Waals surface area contributed by atoms with E-state index in [1.807, 2.05) is 25.1 Å². The Morgan fingerprint density at radius 2 is 1.94 bits per heavy atom. The Morgan fingerprint density at radius 1 is 1.18 bits per heavy atom. The Balaban J connectivity index is 1.72. The van der Waals surface area contributed by atoms with Crippen molar-refractivity contribution in [2.45, 2.75) is 26.7 Å². The first-order chi connectivity index (χ1) is 16.2. The van der Waals surface area contributed by atoms with Gasteiger partial charge in [0.25, 0.3) is 11.1 Å². The van der Waals surface area contributed by atoms with Gasteiger partial charge in [-0.3, -0.25) is 14.5 Å². The molecule has 6 nitrogen and oxygen atoms in total. The molecule has 34 heavy (non-hydrogen) atoms. The summed E-state index contributed by atoms with van der Waals surface area (Å²) in [7, 11) is 1.48. The van der Waals surface area contributed by atoms with Crippen LogP contribution >= 0.6 is 23.4 Å². The predicted molar refractivity (Wildman–Crippen MR) is 136 cm³/mol. The van der Waals surface area contributed by atoms with Crippen molar-refractivity contribution in [3.63, 3.8) is 0 Å². The van der Waals surface area contributed by atoms with Gasteiger partial charge in [0.2, 0.25) is 0 Å². The van der Waals surface area contributed by atoms with Crippen LogP contribution in [0.3, 0.4) is 0 Å². The van der Waals surface area contributed by atoms with Gasteiger partial charge < -0.3 is 14.2 Å². The zero-order valence-corrected chi connectivity index (χ0v) is 21.1. The highest BCUT2D eigenvalue weighted by Crippen LogP contribution is 2.39. The lowest BCUT2D eigenvalue weighted by Crippen LogP contribution is -2.32. The topological polar surface area (TPSA) is 65.1 Å². The molecule has 1 aliphatic heterocycles. The first-order valence-corrected chi connectivity index (χ1v) is 11.9. The molecule has 8 heteroatoms. The molecular weight excluding hydrogens is 474 g/mol. The number of aryl methyl sites for hydroxylation is 1. The van der Waals surface area contributed by atoms with Gasteiger partial charge in [-0.1, -0.05) is 43.5 Å². The van der Waals surface area contributed by atoms with Gasteiger partial charge in [-0.15, -0.1) is 6.42 Å². The summed E-state index contributed by atoms with van der Waals surface area (Å²) in [5.41, 5.74) is 2.76. The largest absolute Gasteiger partial charge is 0.493 e. The SMILES string of the molecule is C#CCOc1c(Cl)cc(/C=C2\SC(=O)N(CCOc3cc(C)ccc3C(C)C)C2=O)cc1OC. The molecule has 1 heterocycles. The van der Waals surface area contributed by atoms with Crippen molar-refractivity contribution in [2.75, 3.05) is 26.9 Å². The Morgan fingerprint density at radius 3 is 2.62 bits per heavy atom. The Bertz CT molecular complexity index is 1170. The number of ether oxygens (including phenoxy) is 3.